The lowest BCUT2D eigenvalue weighted by molar-refractivity contribution is 0.237. The van der Waals surface area contributed by atoms with Gasteiger partial charge in [-0.25, -0.2) is 9.97 Å². The summed E-state index contributed by atoms with van der Waals surface area (Å²) in [6.45, 7) is 8.30. The Bertz CT molecular complexity index is 769. The number of benzene rings is 1. The molecule has 1 aliphatic rings. The maximum Gasteiger partial charge on any atom is 0.200 e. The van der Waals surface area contributed by atoms with E-state index < -0.39 is 5.75 Å². The molecule has 128 valence electrons. The molecule has 0 saturated carbocycles. The van der Waals surface area contributed by atoms with E-state index in [0.29, 0.717) is 18.7 Å². The van der Waals surface area contributed by atoms with Gasteiger partial charge in [-0.15, -0.1) is 0 Å². The number of phenols is 3. The van der Waals surface area contributed by atoms with Crippen LogP contribution in [-0.4, -0.2) is 36.7 Å². The van der Waals surface area contributed by atoms with Gasteiger partial charge in [0.15, 0.2) is 11.5 Å². The fourth-order valence-corrected chi connectivity index (χ4v) is 2.85. The molecule has 0 saturated heterocycles. The first kappa shape index (κ1) is 16.5. The van der Waals surface area contributed by atoms with Gasteiger partial charge in [-0.3, -0.25) is 4.90 Å². The largest absolute Gasteiger partial charge is 0.504 e. The van der Waals surface area contributed by atoms with Crippen molar-refractivity contribution in [3.8, 4) is 17.2 Å². The number of rotatable bonds is 2. The van der Waals surface area contributed by atoms with Crippen LogP contribution in [0.1, 0.15) is 43.4 Å². The normalized spacial score (nSPS) is 15.3. The van der Waals surface area contributed by atoms with Gasteiger partial charge >= 0.3 is 0 Å². The minimum atomic E-state index is -0.469. The van der Waals surface area contributed by atoms with Gasteiger partial charge in [0.1, 0.15) is 5.82 Å². The zero-order valence-corrected chi connectivity index (χ0v) is 14.2. The van der Waals surface area contributed by atoms with Crippen LogP contribution in [0.15, 0.2) is 18.3 Å². The van der Waals surface area contributed by atoms with E-state index in [0.717, 1.165) is 30.0 Å². The third-order valence-electron chi connectivity index (χ3n) is 4.29. The van der Waals surface area contributed by atoms with Crippen LogP contribution in [0.25, 0.3) is 0 Å². The maximum atomic E-state index is 9.97. The van der Waals surface area contributed by atoms with Gasteiger partial charge in [-0.05, 0) is 6.07 Å². The molecule has 0 amide bonds. The second-order valence-corrected chi connectivity index (χ2v) is 7.32. The van der Waals surface area contributed by atoms with Crippen molar-refractivity contribution in [1.82, 2.24) is 14.9 Å². The molecule has 0 radical (unpaired) electrons. The van der Waals surface area contributed by atoms with E-state index in [9.17, 15) is 15.3 Å². The third kappa shape index (κ3) is 3.14. The van der Waals surface area contributed by atoms with Gasteiger partial charge in [0.25, 0.3) is 0 Å². The summed E-state index contributed by atoms with van der Waals surface area (Å²) in [7, 11) is 0. The summed E-state index contributed by atoms with van der Waals surface area (Å²) in [4.78, 5) is 11.4. The van der Waals surface area contributed by atoms with Crippen LogP contribution in [0.5, 0.6) is 17.2 Å². The average Bonchev–Trinajstić information content (AvgIpc) is 2.54. The molecule has 3 N–H and O–H groups in total. The Balaban J connectivity index is 1.78. The highest BCUT2D eigenvalue weighted by atomic mass is 16.3. The highest BCUT2D eigenvalue weighted by Gasteiger charge is 2.23. The van der Waals surface area contributed by atoms with E-state index in [1.807, 2.05) is 6.20 Å². The van der Waals surface area contributed by atoms with Crippen LogP contribution in [0.2, 0.25) is 0 Å². The second kappa shape index (κ2) is 5.94. The molecule has 1 aromatic carbocycles. The Morgan fingerprint density at radius 3 is 2.58 bits per heavy atom. The third-order valence-corrected chi connectivity index (χ3v) is 4.29. The van der Waals surface area contributed by atoms with Crippen LogP contribution in [0, 0.1) is 0 Å². The van der Waals surface area contributed by atoms with Crippen molar-refractivity contribution in [3.63, 3.8) is 0 Å². The van der Waals surface area contributed by atoms with E-state index in [4.69, 9.17) is 4.98 Å². The molecule has 3 rings (SSSR count). The summed E-state index contributed by atoms with van der Waals surface area (Å²) in [5, 5.41) is 29.0. The summed E-state index contributed by atoms with van der Waals surface area (Å²) in [5.41, 5.74) is 2.70. The van der Waals surface area contributed by atoms with Crippen LogP contribution in [0.3, 0.4) is 0 Å². The van der Waals surface area contributed by atoms with Crippen molar-refractivity contribution in [2.24, 2.45) is 0 Å². The Hall–Kier alpha value is -2.34. The Morgan fingerprint density at radius 1 is 1.12 bits per heavy atom. The molecule has 0 fully saturated rings. The van der Waals surface area contributed by atoms with Crippen LogP contribution in [-0.2, 0) is 24.9 Å². The summed E-state index contributed by atoms with van der Waals surface area (Å²) in [5.74, 6) is -0.192. The molecule has 0 unspecified atom stereocenters. The molecular formula is C18H23N3O3. The van der Waals surface area contributed by atoms with E-state index in [1.165, 1.54) is 6.07 Å². The molecule has 2 aromatic rings. The lowest BCUT2D eigenvalue weighted by Crippen LogP contribution is -2.32. The van der Waals surface area contributed by atoms with E-state index in [2.05, 4.69) is 30.7 Å². The van der Waals surface area contributed by atoms with Crippen LogP contribution >= 0.6 is 0 Å². The molecule has 0 bridgehead atoms. The molecule has 2 heterocycles. The molecular weight excluding hydrogens is 306 g/mol. The predicted molar refractivity (Wildman–Crippen MR) is 90.0 cm³/mol. The Morgan fingerprint density at radius 2 is 1.88 bits per heavy atom. The van der Waals surface area contributed by atoms with Gasteiger partial charge in [0.05, 0.1) is 0 Å². The zero-order valence-electron chi connectivity index (χ0n) is 14.2. The first-order valence-electron chi connectivity index (χ1n) is 8.06. The van der Waals surface area contributed by atoms with Crippen molar-refractivity contribution < 1.29 is 15.3 Å². The molecule has 6 nitrogen and oxygen atoms in total. The van der Waals surface area contributed by atoms with E-state index in [-0.39, 0.29) is 16.9 Å². The first-order chi connectivity index (χ1) is 11.3. The fraction of sp³-hybridized carbons (Fsp3) is 0.444. The van der Waals surface area contributed by atoms with Crippen molar-refractivity contribution in [2.75, 3.05) is 6.54 Å². The van der Waals surface area contributed by atoms with Crippen molar-refractivity contribution in [2.45, 2.75) is 45.7 Å². The highest BCUT2D eigenvalue weighted by molar-refractivity contribution is 5.53. The minimum absolute atomic E-state index is 0.0679. The smallest absolute Gasteiger partial charge is 0.200 e. The summed E-state index contributed by atoms with van der Waals surface area (Å²) >= 11 is 0. The molecule has 24 heavy (non-hydrogen) atoms. The standard InChI is InChI=1S/C18H23N3O3/c1-18(2,3)17-19-8-12-10-21(7-6-13(12)20-17)9-11-4-5-14(22)16(24)15(11)23/h4-5,8,22-24H,6-7,9-10H2,1-3H3. The monoisotopic (exact) mass is 329 g/mol. The molecule has 1 aliphatic heterocycles. The van der Waals surface area contributed by atoms with Crippen LogP contribution in [0.4, 0.5) is 0 Å². The summed E-state index contributed by atoms with van der Waals surface area (Å²) in [6.07, 6.45) is 2.72. The number of fused-ring (bicyclic) bond motifs is 1. The molecule has 1 aromatic heterocycles. The van der Waals surface area contributed by atoms with Gasteiger partial charge in [0.2, 0.25) is 5.75 Å². The van der Waals surface area contributed by atoms with Crippen molar-refractivity contribution >= 4 is 0 Å². The van der Waals surface area contributed by atoms with E-state index >= 15 is 0 Å². The second-order valence-electron chi connectivity index (χ2n) is 7.32. The number of hydrogen-bond donors (Lipinski definition) is 3. The molecule has 0 aliphatic carbocycles. The molecule has 0 atom stereocenters. The van der Waals surface area contributed by atoms with Crippen molar-refractivity contribution in [3.05, 3.63) is 41.0 Å². The molecule has 6 heteroatoms. The lowest BCUT2D eigenvalue weighted by Gasteiger charge is -2.29. The summed E-state index contributed by atoms with van der Waals surface area (Å²) < 4.78 is 0. The fourth-order valence-electron chi connectivity index (χ4n) is 2.85. The van der Waals surface area contributed by atoms with Gasteiger partial charge in [-0.1, -0.05) is 26.8 Å². The minimum Gasteiger partial charge on any atom is -0.504 e. The number of hydrogen-bond acceptors (Lipinski definition) is 6. The zero-order chi connectivity index (χ0) is 17.5. The SMILES string of the molecule is CC(C)(C)c1ncc2c(n1)CCN(Cc1ccc(O)c(O)c1O)C2. The maximum absolute atomic E-state index is 9.97. The van der Waals surface area contributed by atoms with E-state index in [1.54, 1.807) is 6.07 Å². The number of nitrogens with zero attached hydrogens (tertiary/aromatic N) is 3. The molecule has 0 spiro atoms. The number of phenolic OH excluding ortho intramolecular Hbond substituents is 3. The average molecular weight is 329 g/mol. The highest BCUT2D eigenvalue weighted by Crippen LogP contribution is 2.37. The Labute approximate surface area is 141 Å². The van der Waals surface area contributed by atoms with Gasteiger partial charge in [-0.2, -0.15) is 0 Å². The topological polar surface area (TPSA) is 89.7 Å². The quantitative estimate of drug-likeness (QED) is 0.733. The summed E-state index contributed by atoms with van der Waals surface area (Å²) in [6, 6.07) is 3.01. The number of aromatic nitrogens is 2. The van der Waals surface area contributed by atoms with Crippen LogP contribution < -0.4 is 0 Å². The predicted octanol–water partition coefficient (Wildman–Crippen LogP) is 2.45. The van der Waals surface area contributed by atoms with Gasteiger partial charge in [0, 0.05) is 54.5 Å². The first-order valence-corrected chi connectivity index (χ1v) is 8.06. The van der Waals surface area contributed by atoms with Gasteiger partial charge < -0.3 is 15.3 Å². The lowest BCUT2D eigenvalue weighted by atomic mass is 9.95. The van der Waals surface area contributed by atoms with Crippen molar-refractivity contribution in [1.29, 1.82) is 0 Å². The number of aromatic hydroxyl groups is 3. The Kier molecular flexibility index (Phi) is 4.09.